The lowest BCUT2D eigenvalue weighted by Gasteiger charge is -2.09. The third-order valence-electron chi connectivity index (χ3n) is 4.91. The maximum Gasteiger partial charge on any atom is 0.221 e. The highest BCUT2D eigenvalue weighted by Crippen LogP contribution is 2.35. The van der Waals surface area contributed by atoms with E-state index < -0.39 is 7.14 Å². The Morgan fingerprint density at radius 2 is 1.97 bits per heavy atom. The zero-order valence-corrected chi connectivity index (χ0v) is 17.0. The molecule has 5 rings (SSSR count). The third-order valence-corrected chi connectivity index (χ3v) is 6.43. The summed E-state index contributed by atoms with van der Waals surface area (Å²) in [6, 6.07) is 15.9. The molecule has 8 heteroatoms. The molecule has 144 valence electrons. The van der Waals surface area contributed by atoms with Gasteiger partial charge in [0.1, 0.15) is 7.14 Å². The first kappa shape index (κ1) is 17.8. The molecule has 0 aliphatic carbocycles. The predicted octanol–water partition coefficient (Wildman–Crippen LogP) is 3.44. The molecule has 1 aromatic carbocycles. The van der Waals surface area contributed by atoms with Gasteiger partial charge in [-0.05, 0) is 43.2 Å². The van der Waals surface area contributed by atoms with E-state index in [1.807, 2.05) is 36.5 Å². The second-order valence-corrected chi connectivity index (χ2v) is 10.6. The van der Waals surface area contributed by atoms with Crippen LogP contribution in [-0.4, -0.2) is 42.7 Å². The highest BCUT2D eigenvalue weighted by Gasteiger charge is 2.14. The lowest BCUT2D eigenvalue weighted by molar-refractivity contribution is 0.588. The van der Waals surface area contributed by atoms with Crippen LogP contribution in [0.2, 0.25) is 0 Å². The van der Waals surface area contributed by atoms with Gasteiger partial charge < -0.3 is 8.97 Å². The molecule has 4 heterocycles. The van der Waals surface area contributed by atoms with Crippen LogP contribution in [0.5, 0.6) is 0 Å². The Bertz CT molecular complexity index is 1400. The zero-order chi connectivity index (χ0) is 20.0. The standard InChI is InChI=1S/C21H19N6OP/c1-29(2,28)18-7-3-5-16(11-18)19-12-22-20-21(23-19)27(25-24-20)14-15-8-9-17-6-4-10-26(17)13-15/h3-13H,14H2,1-2H3. The van der Waals surface area contributed by atoms with E-state index in [1.54, 1.807) is 24.2 Å². The molecule has 4 aromatic heterocycles. The number of hydrogen-bond donors (Lipinski definition) is 0. The van der Waals surface area contributed by atoms with E-state index in [4.69, 9.17) is 4.98 Å². The zero-order valence-electron chi connectivity index (χ0n) is 16.1. The molecule has 0 unspecified atom stereocenters. The van der Waals surface area contributed by atoms with Gasteiger partial charge in [-0.3, -0.25) is 0 Å². The quantitative estimate of drug-likeness (QED) is 0.431. The van der Waals surface area contributed by atoms with E-state index in [2.05, 4.69) is 44.1 Å². The lowest BCUT2D eigenvalue weighted by Crippen LogP contribution is -2.05. The Balaban J connectivity index is 1.54. The van der Waals surface area contributed by atoms with Crippen LogP contribution in [0, 0.1) is 0 Å². The van der Waals surface area contributed by atoms with Crippen molar-refractivity contribution in [3.63, 3.8) is 0 Å². The highest BCUT2D eigenvalue weighted by molar-refractivity contribution is 7.70. The molecule has 0 saturated heterocycles. The van der Waals surface area contributed by atoms with Crippen molar-refractivity contribution < 1.29 is 4.57 Å². The van der Waals surface area contributed by atoms with Crippen LogP contribution in [0.1, 0.15) is 5.56 Å². The molecule has 0 saturated carbocycles. The largest absolute Gasteiger partial charge is 0.324 e. The van der Waals surface area contributed by atoms with Crippen molar-refractivity contribution in [3.8, 4) is 11.3 Å². The molecule has 0 amide bonds. The molecule has 0 bridgehead atoms. The first-order valence-electron chi connectivity index (χ1n) is 9.25. The molecule has 0 spiro atoms. The monoisotopic (exact) mass is 402 g/mol. The predicted molar refractivity (Wildman–Crippen MR) is 114 cm³/mol. The summed E-state index contributed by atoms with van der Waals surface area (Å²) in [5.41, 5.74) is 4.94. The Hall–Kier alpha value is -3.31. The summed E-state index contributed by atoms with van der Waals surface area (Å²) in [6.45, 7) is 4.07. The van der Waals surface area contributed by atoms with E-state index in [-0.39, 0.29) is 0 Å². The van der Waals surface area contributed by atoms with Crippen molar-refractivity contribution >= 4 is 29.3 Å². The van der Waals surface area contributed by atoms with Crippen LogP contribution in [0.25, 0.3) is 28.1 Å². The number of pyridine rings is 1. The van der Waals surface area contributed by atoms with Gasteiger partial charge in [-0.2, -0.15) is 0 Å². The van der Waals surface area contributed by atoms with Crippen molar-refractivity contribution in [2.75, 3.05) is 13.3 Å². The van der Waals surface area contributed by atoms with Crippen molar-refractivity contribution in [3.05, 3.63) is 72.7 Å². The first-order valence-corrected chi connectivity index (χ1v) is 11.9. The van der Waals surface area contributed by atoms with E-state index in [9.17, 15) is 4.57 Å². The van der Waals surface area contributed by atoms with Gasteiger partial charge >= 0.3 is 0 Å². The van der Waals surface area contributed by atoms with Crippen molar-refractivity contribution in [2.24, 2.45) is 0 Å². The second-order valence-electron chi connectivity index (χ2n) is 7.43. The average Bonchev–Trinajstić information content (AvgIpc) is 3.34. The van der Waals surface area contributed by atoms with Crippen molar-refractivity contribution in [1.82, 2.24) is 29.4 Å². The fraction of sp³-hybridized carbons (Fsp3) is 0.143. The normalized spacial score (nSPS) is 12.1. The molecule has 5 aromatic rings. The van der Waals surface area contributed by atoms with Gasteiger partial charge in [-0.25, -0.2) is 14.6 Å². The third kappa shape index (κ3) is 3.34. The van der Waals surface area contributed by atoms with Crippen molar-refractivity contribution in [1.29, 1.82) is 0 Å². The van der Waals surface area contributed by atoms with Crippen LogP contribution in [0.3, 0.4) is 0 Å². The molecular weight excluding hydrogens is 383 g/mol. The summed E-state index contributed by atoms with van der Waals surface area (Å²) in [6.07, 6.45) is 5.77. The number of hydrogen-bond acceptors (Lipinski definition) is 5. The molecule has 29 heavy (non-hydrogen) atoms. The van der Waals surface area contributed by atoms with Gasteiger partial charge in [-0.15, -0.1) is 5.10 Å². The lowest BCUT2D eigenvalue weighted by atomic mass is 10.2. The minimum Gasteiger partial charge on any atom is -0.324 e. The summed E-state index contributed by atoms with van der Waals surface area (Å²) >= 11 is 0. The fourth-order valence-corrected chi connectivity index (χ4v) is 4.24. The van der Waals surface area contributed by atoms with Gasteiger partial charge in [0.25, 0.3) is 0 Å². The van der Waals surface area contributed by atoms with Crippen LogP contribution < -0.4 is 5.30 Å². The molecule has 0 radical (unpaired) electrons. The minimum absolute atomic E-state index is 0.503. The van der Waals surface area contributed by atoms with Gasteiger partial charge in [0.05, 0.1) is 18.4 Å². The minimum atomic E-state index is -2.35. The molecule has 0 aliphatic rings. The Kier molecular flexibility index (Phi) is 4.07. The van der Waals surface area contributed by atoms with E-state index in [1.165, 1.54) is 0 Å². The van der Waals surface area contributed by atoms with E-state index in [0.717, 1.165) is 21.9 Å². The van der Waals surface area contributed by atoms with Crippen LogP contribution >= 0.6 is 7.14 Å². The first-order chi connectivity index (χ1) is 14.0. The second kappa shape index (κ2) is 6.64. The highest BCUT2D eigenvalue weighted by atomic mass is 31.2. The summed E-state index contributed by atoms with van der Waals surface area (Å²) in [7, 11) is -2.35. The number of fused-ring (bicyclic) bond motifs is 2. The van der Waals surface area contributed by atoms with Crippen LogP contribution in [0.4, 0.5) is 0 Å². The smallest absolute Gasteiger partial charge is 0.221 e. The van der Waals surface area contributed by atoms with Crippen LogP contribution in [0.15, 0.2) is 67.1 Å². The van der Waals surface area contributed by atoms with Gasteiger partial charge in [0, 0.05) is 28.8 Å². The summed E-state index contributed by atoms with van der Waals surface area (Å²) < 4.78 is 16.3. The summed E-state index contributed by atoms with van der Waals surface area (Å²) in [4.78, 5) is 9.18. The number of rotatable bonds is 4. The average molecular weight is 402 g/mol. The fourth-order valence-electron chi connectivity index (χ4n) is 3.35. The summed E-state index contributed by atoms with van der Waals surface area (Å²) in [5.74, 6) is 0. The van der Waals surface area contributed by atoms with Gasteiger partial charge in [0.15, 0.2) is 5.65 Å². The molecule has 7 nitrogen and oxygen atoms in total. The van der Waals surface area contributed by atoms with E-state index >= 15 is 0 Å². The molecule has 0 N–H and O–H groups in total. The van der Waals surface area contributed by atoms with Gasteiger partial charge in [-0.1, -0.05) is 29.5 Å². The van der Waals surface area contributed by atoms with Crippen molar-refractivity contribution in [2.45, 2.75) is 6.54 Å². The molecule has 0 fully saturated rings. The SMILES string of the molecule is CP(C)(=O)c1cccc(-c2cnc3nnn(Cc4ccc5cccn5c4)c3n2)c1. The van der Waals surface area contributed by atoms with E-state index in [0.29, 0.717) is 23.5 Å². The Labute approximate surface area is 167 Å². The maximum absolute atomic E-state index is 12.4. The number of aromatic nitrogens is 6. The Morgan fingerprint density at radius 1 is 1.07 bits per heavy atom. The molecule has 0 aliphatic heterocycles. The number of nitrogens with zero attached hydrogens (tertiary/aromatic N) is 6. The topological polar surface area (TPSA) is 78.0 Å². The maximum atomic E-state index is 12.4. The van der Waals surface area contributed by atoms with Crippen LogP contribution in [-0.2, 0) is 11.1 Å². The van der Waals surface area contributed by atoms with Gasteiger partial charge in [0.2, 0.25) is 5.65 Å². The number of benzene rings is 1. The Morgan fingerprint density at radius 3 is 2.83 bits per heavy atom. The molecule has 0 atom stereocenters. The summed E-state index contributed by atoms with van der Waals surface area (Å²) in [5, 5.41) is 9.21. The molecular formula is C21H19N6OP.